The molecule has 2 heterocycles. The molecule has 0 atom stereocenters. The molecule has 7 N–H and O–H groups in total. The number of nitro groups is 2. The number of non-ortho nitro benzene ring substituents is 2. The van der Waals surface area contributed by atoms with Crippen LogP contribution >= 0.6 is 23.2 Å². The Hall–Kier alpha value is -6.03. The first kappa shape index (κ1) is 79.4. The number of nitrogen functional groups attached to an aromatic ring is 2. The van der Waals surface area contributed by atoms with Gasteiger partial charge < -0.3 is 56.2 Å². The molecule has 47 heteroatoms. The maximum absolute atomic E-state index is 13.3. The first-order chi connectivity index (χ1) is 41.0. The molecule has 0 unspecified atom stereocenters. The monoisotopic (exact) mass is 1460 g/mol. The quantitative estimate of drug-likeness (QED) is 0.0222. The van der Waals surface area contributed by atoms with Gasteiger partial charge in [0.15, 0.2) is 0 Å². The molecule has 0 fully saturated rings. The summed E-state index contributed by atoms with van der Waals surface area (Å²) < 4.78 is 142. The fourth-order valence-corrected chi connectivity index (χ4v) is 11.3. The van der Waals surface area contributed by atoms with E-state index in [9.17, 15) is 92.5 Å². The predicted octanol–water partition coefficient (Wildman–Crippen LogP) is -6.77. The fraction of sp³-hybridized carbons (Fsp3) is 0. The van der Waals surface area contributed by atoms with Crippen LogP contribution in [-0.2, 0) is 57.8 Å². The van der Waals surface area contributed by atoms with E-state index in [0.29, 0.717) is 24.3 Å². The summed E-state index contributed by atoms with van der Waals surface area (Å²) >= 11 is 11.5. The Morgan fingerprint density at radius 1 is 0.452 bits per heavy atom. The molecule has 8 aromatic carbocycles. The molecule has 0 saturated heterocycles. The first-order valence-corrected chi connectivity index (χ1v) is 29.4. The van der Waals surface area contributed by atoms with E-state index < -0.39 is 143 Å². The van der Waals surface area contributed by atoms with Crippen molar-refractivity contribution in [1.82, 2.24) is 29.9 Å². The molecule has 0 aliphatic carbocycles. The Bertz CT molecular complexity index is 5240. The van der Waals surface area contributed by atoms with Crippen LogP contribution in [0.5, 0.6) is 23.0 Å². The number of hydrogen-bond acceptors (Lipinski definition) is 33. The van der Waals surface area contributed by atoms with Crippen molar-refractivity contribution in [3.8, 4) is 23.0 Å². The van der Waals surface area contributed by atoms with E-state index in [-0.39, 0.29) is 208 Å². The minimum absolute atomic E-state index is 0. The predicted molar refractivity (Wildman–Crippen MR) is 294 cm³/mol. The molecule has 0 aliphatic rings. The molecule has 36 nitrogen and oxygen atoms in total. The molecule has 0 bridgehead atoms. The van der Waals surface area contributed by atoms with Crippen LogP contribution in [0.1, 0.15) is 0 Å². The molecular weight excluding hydrogens is 1440 g/mol. The first-order valence-electron chi connectivity index (χ1n) is 23.0. The zero-order chi connectivity index (χ0) is 64.3. The summed E-state index contributed by atoms with van der Waals surface area (Å²) in [5.74, 6) is -5.00. The van der Waals surface area contributed by atoms with Crippen molar-refractivity contribution in [2.75, 3.05) is 22.1 Å². The van der Waals surface area contributed by atoms with E-state index in [2.05, 4.69) is 61.0 Å². The second kappa shape index (κ2) is 30.8. The van der Waals surface area contributed by atoms with Crippen LogP contribution in [0.4, 0.5) is 69.3 Å². The second-order valence-electron chi connectivity index (χ2n) is 17.4. The zero-order valence-corrected chi connectivity index (χ0v) is 60.8. The van der Waals surface area contributed by atoms with Gasteiger partial charge in [0.2, 0.25) is 34.4 Å². The number of nitrogens with two attached hydrogens (primary N) is 2. The van der Waals surface area contributed by atoms with Gasteiger partial charge in [-0.1, -0.05) is 35.1 Å². The molecule has 10 rings (SSSR count). The maximum Gasteiger partial charge on any atom is 3.00 e. The smallest absolute Gasteiger partial charge is 0.871 e. The third-order valence-electron chi connectivity index (χ3n) is 11.9. The Morgan fingerprint density at radius 3 is 1.30 bits per heavy atom. The van der Waals surface area contributed by atoms with Gasteiger partial charge in [-0.2, -0.15) is 53.7 Å². The third-order valence-corrected chi connectivity index (χ3v) is 15.7. The Morgan fingerprint density at radius 2 is 0.849 bits per heavy atom. The molecule has 0 amide bonds. The number of nitrogens with one attached hydrogen (secondary N) is 2. The van der Waals surface area contributed by atoms with Gasteiger partial charge in [-0.05, 0) is 100 Å². The summed E-state index contributed by atoms with van der Waals surface area (Å²) in [7, 11) is -21.0. The number of anilines is 6. The third kappa shape index (κ3) is 17.9. The van der Waals surface area contributed by atoms with Crippen LogP contribution in [-0.4, -0.2) is 91.6 Å². The summed E-state index contributed by atoms with van der Waals surface area (Å²) in [4.78, 5) is 39.1. The summed E-state index contributed by atoms with van der Waals surface area (Å²) in [6.07, 6.45) is 0. The number of rotatable bonds is 14. The molecule has 0 aliphatic heterocycles. The second-order valence-corrected chi connectivity index (χ2v) is 23.6. The molecule has 93 heavy (non-hydrogen) atoms. The van der Waals surface area contributed by atoms with Crippen molar-refractivity contribution >= 4 is 176 Å². The molecule has 0 spiro atoms. The van der Waals surface area contributed by atoms with Gasteiger partial charge in [0.05, 0.1) is 47.3 Å². The average Bonchev–Trinajstić information content (AvgIpc) is 0.833. The Balaban J connectivity index is 0.000000376. The largest absolute Gasteiger partial charge is 3.00 e. The van der Waals surface area contributed by atoms with Crippen molar-refractivity contribution < 1.29 is 218 Å². The molecular formula is C46H23Cl2CrN16Na4O20S4. The molecule has 455 valence electrons. The van der Waals surface area contributed by atoms with E-state index in [4.69, 9.17) is 34.7 Å². The summed E-state index contributed by atoms with van der Waals surface area (Å²) in [6, 6.07) is 15.0. The average molecular weight is 1460 g/mol. The summed E-state index contributed by atoms with van der Waals surface area (Å²) in [5.41, 5.74) is 7.18. The molecule has 2 aromatic heterocycles. The number of halogens is 2. The van der Waals surface area contributed by atoms with Crippen LogP contribution in [0, 0.1) is 20.2 Å². The standard InChI is InChI=1S/2C23H15ClN8O10S2.Cr.4Na/c24-21-27-22(25)29-23(28-21)26-10-1-3-12-9(5-10)6-17(44(40,41)42)19(20(12)34)31-30-18-13-4-2-11(32(35)36)7-14(13)16(8-15(18)33)43(37,38)39;24-21-27-22(25)29-23(28-21)26-9-1-3-12-13(5-9)17(43(37,38)39)7-15(20(12)34)30-31-19-11-4-2-10(32(35)36)6-14(11)18(8-16(19)33)44(40,41)42;;;;;/h2*1-8,33-34H,(H,37,38,39)(H,40,41,42)(H3,25,26,27,28,29);;;;;/q;;+3;4*+1/p-7. The van der Waals surface area contributed by atoms with E-state index in [1.165, 1.54) is 24.3 Å². The number of fused-ring (bicyclic) bond motifs is 4. The van der Waals surface area contributed by atoms with Gasteiger partial charge >= 0.3 is 136 Å². The van der Waals surface area contributed by atoms with Gasteiger partial charge in [0.25, 0.3) is 21.5 Å². The van der Waals surface area contributed by atoms with Crippen LogP contribution in [0.2, 0.25) is 10.6 Å². The van der Waals surface area contributed by atoms with Gasteiger partial charge in [0, 0.05) is 62.6 Å². The van der Waals surface area contributed by atoms with Crippen molar-refractivity contribution in [3.63, 3.8) is 0 Å². The summed E-state index contributed by atoms with van der Waals surface area (Å²) in [5, 5.41) is 91.5. The summed E-state index contributed by atoms with van der Waals surface area (Å²) in [6.45, 7) is 0. The minimum Gasteiger partial charge on any atom is -0.871 e. The van der Waals surface area contributed by atoms with Crippen molar-refractivity contribution in [2.45, 2.75) is 19.6 Å². The molecule has 1 radical (unpaired) electrons. The zero-order valence-electron chi connectivity index (χ0n) is 46.8. The van der Waals surface area contributed by atoms with Crippen molar-refractivity contribution in [2.24, 2.45) is 20.5 Å². The minimum atomic E-state index is -5.39. The van der Waals surface area contributed by atoms with Crippen molar-refractivity contribution in [3.05, 3.63) is 128 Å². The van der Waals surface area contributed by atoms with Gasteiger partial charge in [0.1, 0.15) is 35.2 Å². The van der Waals surface area contributed by atoms with Gasteiger partial charge in [-0.15, -0.1) is 5.11 Å². The van der Waals surface area contributed by atoms with Crippen LogP contribution in [0.3, 0.4) is 0 Å². The number of hydrogen-bond donors (Lipinski definition) is 5. The number of aromatic nitrogens is 6. The molecule has 0 saturated carbocycles. The van der Waals surface area contributed by atoms with E-state index in [1.54, 1.807) is 0 Å². The van der Waals surface area contributed by atoms with E-state index >= 15 is 0 Å². The van der Waals surface area contributed by atoms with Crippen LogP contribution in [0.15, 0.2) is 137 Å². The molecule has 10 aromatic rings. The normalized spacial score (nSPS) is 11.6. The van der Waals surface area contributed by atoms with E-state index in [1.807, 2.05) is 0 Å². The van der Waals surface area contributed by atoms with Crippen LogP contribution in [0.25, 0.3) is 43.1 Å². The number of benzene rings is 8. The topological polar surface area (TPSA) is 607 Å². The Labute approximate surface area is 629 Å². The van der Waals surface area contributed by atoms with Crippen LogP contribution < -0.4 is 161 Å². The maximum atomic E-state index is 13.3. The fourth-order valence-electron chi connectivity index (χ4n) is 8.25. The number of nitro benzene ring substituents is 2. The van der Waals surface area contributed by atoms with E-state index in [0.717, 1.165) is 48.5 Å². The SMILES string of the molecule is Nc1nc(Cl)nc(Nc2ccc3c([O-])c(N=Nc4c([O-])cc(S(=O)(=O)O)c5cc([N+](=O)[O-])ccc45)cc(S(=O)(=O)[O-])c3c2)n1.Nc1nc(Cl)nc(Nc2ccc3c([O-])c(N=Nc4c([O-])cc(S(=O)(=O)[O-])c5cc([N+](=O)[O-])ccc45)c(S(=O)(=O)[O-])cc3c2)n1.[Cr+3].[Na+].[Na+].[Na+].[Na+]. The Kier molecular flexibility index (Phi) is 26.3. The number of nitrogens with zero attached hydrogens (tertiary/aromatic N) is 12. The van der Waals surface area contributed by atoms with Gasteiger partial charge in [-0.3, -0.25) is 24.8 Å². The van der Waals surface area contributed by atoms with Gasteiger partial charge in [-0.25, -0.2) is 25.3 Å². The van der Waals surface area contributed by atoms with Crippen molar-refractivity contribution in [1.29, 1.82) is 0 Å². The number of azo groups is 2.